The van der Waals surface area contributed by atoms with Crippen LogP contribution in [0, 0.1) is 0 Å². The molecule has 4 rings (SSSR count). The monoisotopic (exact) mass is 267 g/mol. The number of nitrogens with one attached hydrogen (secondary N) is 1. The highest BCUT2D eigenvalue weighted by molar-refractivity contribution is 6.54. The van der Waals surface area contributed by atoms with Crippen molar-refractivity contribution in [1.82, 2.24) is 5.32 Å². The van der Waals surface area contributed by atoms with E-state index in [9.17, 15) is 9.90 Å². The summed E-state index contributed by atoms with van der Waals surface area (Å²) < 4.78 is 0. The van der Waals surface area contributed by atoms with Crippen LogP contribution >= 0.6 is 0 Å². The maximum absolute atomic E-state index is 11.2. The number of aliphatic carboxylic acids is 1. The Balaban J connectivity index is 1.85. The van der Waals surface area contributed by atoms with E-state index in [-0.39, 0.29) is 6.04 Å². The third kappa shape index (κ3) is 1.56. The van der Waals surface area contributed by atoms with E-state index >= 15 is 0 Å². The van der Waals surface area contributed by atoms with E-state index in [0.29, 0.717) is 13.0 Å². The second kappa shape index (κ2) is 4.11. The van der Waals surface area contributed by atoms with E-state index in [2.05, 4.69) is 15.3 Å². The van der Waals surface area contributed by atoms with Gasteiger partial charge in [-0.1, -0.05) is 18.2 Å². The topological polar surface area (TPSA) is 74.0 Å². The number of carboxylic acid groups (broad SMARTS) is 1. The largest absolute Gasteiger partial charge is 0.480 e. The lowest BCUT2D eigenvalue weighted by Gasteiger charge is -2.31. The summed E-state index contributed by atoms with van der Waals surface area (Å²) in [5.41, 5.74) is 5.10. The number of carbonyl (C=O) groups is 1. The molecule has 3 aliphatic rings. The average molecular weight is 267 g/mol. The number of aliphatic imine (C=N–C) groups is 2. The molecule has 1 aromatic carbocycles. The quantitative estimate of drug-likeness (QED) is 0.808. The van der Waals surface area contributed by atoms with E-state index in [1.165, 1.54) is 0 Å². The highest BCUT2D eigenvalue weighted by Crippen LogP contribution is 2.40. The minimum absolute atomic E-state index is 0.0331. The molecule has 0 aliphatic carbocycles. The van der Waals surface area contributed by atoms with Crippen LogP contribution in [0.2, 0.25) is 0 Å². The molecule has 100 valence electrons. The van der Waals surface area contributed by atoms with Crippen LogP contribution < -0.4 is 5.32 Å². The van der Waals surface area contributed by atoms with Gasteiger partial charge in [0.15, 0.2) is 0 Å². The fourth-order valence-corrected chi connectivity index (χ4v) is 3.09. The smallest absolute Gasteiger partial charge is 0.321 e. The summed E-state index contributed by atoms with van der Waals surface area (Å²) in [5, 5.41) is 12.2. The predicted molar refractivity (Wildman–Crippen MR) is 76.8 cm³/mol. The molecular formula is C15H13N3O2. The number of para-hydroxylation sites is 1. The van der Waals surface area contributed by atoms with Crippen molar-refractivity contribution in [2.75, 3.05) is 6.54 Å². The fourth-order valence-electron chi connectivity index (χ4n) is 3.09. The zero-order valence-corrected chi connectivity index (χ0v) is 10.7. The number of allylic oxidation sites excluding steroid dienone is 1. The molecule has 0 amide bonds. The number of carboxylic acids is 1. The van der Waals surface area contributed by atoms with Gasteiger partial charge in [-0.3, -0.25) is 9.79 Å². The molecule has 0 spiro atoms. The van der Waals surface area contributed by atoms with Gasteiger partial charge >= 0.3 is 5.97 Å². The molecule has 2 atom stereocenters. The molecule has 3 aliphatic heterocycles. The van der Waals surface area contributed by atoms with Crippen LogP contribution in [-0.2, 0) is 4.79 Å². The number of rotatable bonds is 1. The minimum atomic E-state index is -0.809. The summed E-state index contributed by atoms with van der Waals surface area (Å²) >= 11 is 0. The van der Waals surface area contributed by atoms with Gasteiger partial charge < -0.3 is 10.4 Å². The fraction of sp³-hybridized carbons (Fsp3) is 0.267. The summed E-state index contributed by atoms with van der Waals surface area (Å²) in [5.74, 6) is -0.809. The lowest BCUT2D eigenvalue weighted by Crippen LogP contribution is -2.48. The highest BCUT2D eigenvalue weighted by atomic mass is 16.4. The van der Waals surface area contributed by atoms with Crippen molar-refractivity contribution in [2.45, 2.75) is 18.5 Å². The molecule has 0 saturated carbocycles. The Kier molecular flexibility index (Phi) is 2.37. The molecule has 20 heavy (non-hydrogen) atoms. The lowest BCUT2D eigenvalue weighted by molar-refractivity contribution is -0.139. The van der Waals surface area contributed by atoms with Gasteiger partial charge in [0.25, 0.3) is 0 Å². The lowest BCUT2D eigenvalue weighted by atomic mass is 9.84. The number of nitrogens with zero attached hydrogens (tertiary/aromatic N) is 2. The summed E-state index contributed by atoms with van der Waals surface area (Å²) in [6.45, 7) is 0.571. The predicted octanol–water partition coefficient (Wildman–Crippen LogP) is 1.43. The van der Waals surface area contributed by atoms with E-state index in [1.807, 2.05) is 30.5 Å². The highest BCUT2D eigenvalue weighted by Gasteiger charge is 2.36. The van der Waals surface area contributed by atoms with Crippen molar-refractivity contribution in [3.63, 3.8) is 0 Å². The standard InChI is InChI=1S/C15H13N3O2/c19-15(20)11-5-9-12(6-16-11)17-7-13-14(9)8-3-1-2-4-10(8)18-13/h1-4,7,11-12,16H,5-6H2,(H,19,20). The van der Waals surface area contributed by atoms with Crippen LogP contribution in [0.25, 0.3) is 5.57 Å². The van der Waals surface area contributed by atoms with Gasteiger partial charge in [0.1, 0.15) is 6.04 Å². The van der Waals surface area contributed by atoms with Crippen molar-refractivity contribution < 1.29 is 9.90 Å². The molecule has 2 unspecified atom stereocenters. The van der Waals surface area contributed by atoms with Gasteiger partial charge in [-0.25, -0.2) is 4.99 Å². The first kappa shape index (κ1) is 11.5. The number of hydrogen-bond acceptors (Lipinski definition) is 4. The molecule has 3 heterocycles. The number of benzene rings is 1. The van der Waals surface area contributed by atoms with E-state index in [1.54, 1.807) is 0 Å². The van der Waals surface area contributed by atoms with Crippen molar-refractivity contribution in [2.24, 2.45) is 9.98 Å². The number of fused-ring (bicyclic) bond motifs is 4. The van der Waals surface area contributed by atoms with Gasteiger partial charge in [0, 0.05) is 23.9 Å². The molecule has 5 nitrogen and oxygen atoms in total. The first-order valence-electron chi connectivity index (χ1n) is 6.65. The molecule has 2 N–H and O–H groups in total. The Labute approximate surface area is 115 Å². The molecule has 1 saturated heterocycles. The van der Waals surface area contributed by atoms with E-state index in [0.717, 1.165) is 28.1 Å². The van der Waals surface area contributed by atoms with Crippen LogP contribution in [0.3, 0.4) is 0 Å². The summed E-state index contributed by atoms with van der Waals surface area (Å²) in [7, 11) is 0. The van der Waals surface area contributed by atoms with Crippen molar-refractivity contribution in [3.8, 4) is 0 Å². The van der Waals surface area contributed by atoms with Gasteiger partial charge in [-0.05, 0) is 18.1 Å². The van der Waals surface area contributed by atoms with E-state index < -0.39 is 12.0 Å². The molecule has 0 aromatic heterocycles. The Hall–Kier alpha value is -2.27. The maximum Gasteiger partial charge on any atom is 0.321 e. The molecule has 0 bridgehead atoms. The molecular weight excluding hydrogens is 254 g/mol. The third-order valence-electron chi connectivity index (χ3n) is 4.05. The molecule has 1 fully saturated rings. The Morgan fingerprint density at radius 3 is 3.05 bits per heavy atom. The number of piperidine rings is 1. The van der Waals surface area contributed by atoms with Crippen LogP contribution in [0.4, 0.5) is 5.69 Å². The van der Waals surface area contributed by atoms with E-state index in [4.69, 9.17) is 0 Å². The molecule has 0 radical (unpaired) electrons. The second-order valence-electron chi connectivity index (χ2n) is 5.21. The Morgan fingerprint density at radius 2 is 2.20 bits per heavy atom. The number of hydrogen-bond donors (Lipinski definition) is 2. The zero-order chi connectivity index (χ0) is 13.7. The Bertz CT molecular complexity index is 703. The molecule has 1 aromatic rings. The SMILES string of the molecule is O=C(O)C1CC2=C3C(=Nc4ccccc43)C=NC2CN1. The van der Waals surface area contributed by atoms with Crippen LogP contribution in [-0.4, -0.2) is 41.6 Å². The van der Waals surface area contributed by atoms with Crippen molar-refractivity contribution >= 4 is 29.2 Å². The van der Waals surface area contributed by atoms with Crippen LogP contribution in [0.5, 0.6) is 0 Å². The van der Waals surface area contributed by atoms with Crippen molar-refractivity contribution in [1.29, 1.82) is 0 Å². The van der Waals surface area contributed by atoms with Gasteiger partial charge in [0.05, 0.1) is 17.4 Å². The second-order valence-corrected chi connectivity index (χ2v) is 5.21. The number of dihydropyridines is 1. The summed E-state index contributed by atoms with van der Waals surface area (Å²) in [6.07, 6.45) is 2.30. The first-order valence-corrected chi connectivity index (χ1v) is 6.65. The van der Waals surface area contributed by atoms with Crippen LogP contribution in [0.15, 0.2) is 39.8 Å². The summed E-state index contributed by atoms with van der Waals surface area (Å²) in [4.78, 5) is 20.3. The van der Waals surface area contributed by atoms with Gasteiger partial charge in [-0.2, -0.15) is 0 Å². The van der Waals surface area contributed by atoms with Crippen LogP contribution in [0.1, 0.15) is 12.0 Å². The van der Waals surface area contributed by atoms with Gasteiger partial charge in [0.2, 0.25) is 0 Å². The van der Waals surface area contributed by atoms with Gasteiger partial charge in [-0.15, -0.1) is 0 Å². The normalized spacial score (nSPS) is 26.7. The maximum atomic E-state index is 11.2. The molecule has 5 heteroatoms. The Morgan fingerprint density at radius 1 is 1.35 bits per heavy atom. The zero-order valence-electron chi connectivity index (χ0n) is 10.7. The third-order valence-corrected chi connectivity index (χ3v) is 4.05. The minimum Gasteiger partial charge on any atom is -0.480 e. The first-order chi connectivity index (χ1) is 9.74. The average Bonchev–Trinajstić information content (AvgIpc) is 2.85. The summed E-state index contributed by atoms with van der Waals surface area (Å²) in [6, 6.07) is 7.47. The van der Waals surface area contributed by atoms with Crippen molar-refractivity contribution in [3.05, 3.63) is 35.4 Å².